The maximum Gasteiger partial charge on any atom is 0.311 e. The van der Waals surface area contributed by atoms with Gasteiger partial charge in [-0.2, -0.15) is 0 Å². The first kappa shape index (κ1) is 19.6. The van der Waals surface area contributed by atoms with Crippen molar-refractivity contribution in [2.24, 2.45) is 5.92 Å². The quantitative estimate of drug-likeness (QED) is 0.748. The molecule has 2 aromatic rings. The van der Waals surface area contributed by atoms with Crippen LogP contribution in [0.3, 0.4) is 0 Å². The molecule has 0 aromatic heterocycles. The number of amides is 2. The Morgan fingerprint density at radius 1 is 1.07 bits per heavy atom. The molecular weight excluding hydrogens is 356 g/mol. The summed E-state index contributed by atoms with van der Waals surface area (Å²) in [6.07, 6.45) is 0.121. The smallest absolute Gasteiger partial charge is 0.311 e. The van der Waals surface area contributed by atoms with Crippen molar-refractivity contribution >= 4 is 17.8 Å². The predicted molar refractivity (Wildman–Crippen MR) is 104 cm³/mol. The average Bonchev–Trinajstić information content (AvgIpc) is 3.07. The van der Waals surface area contributed by atoms with Crippen LogP contribution in [-0.2, 0) is 32.2 Å². The zero-order chi connectivity index (χ0) is 19.9. The maximum atomic E-state index is 12.2. The Balaban J connectivity index is 1.42. The summed E-state index contributed by atoms with van der Waals surface area (Å²) in [6, 6.07) is 17.4. The van der Waals surface area contributed by atoms with Gasteiger partial charge in [0.25, 0.3) is 5.91 Å². The zero-order valence-electron chi connectivity index (χ0n) is 15.9. The Morgan fingerprint density at radius 2 is 1.79 bits per heavy atom. The highest BCUT2D eigenvalue weighted by Crippen LogP contribution is 2.21. The Hall–Kier alpha value is -3.15. The van der Waals surface area contributed by atoms with E-state index in [2.05, 4.69) is 5.32 Å². The summed E-state index contributed by atoms with van der Waals surface area (Å²) >= 11 is 0. The van der Waals surface area contributed by atoms with Crippen molar-refractivity contribution in [2.45, 2.75) is 26.4 Å². The van der Waals surface area contributed by atoms with Gasteiger partial charge in [0.2, 0.25) is 5.91 Å². The molecule has 1 aliphatic heterocycles. The molecule has 0 radical (unpaired) electrons. The van der Waals surface area contributed by atoms with Gasteiger partial charge in [-0.1, -0.05) is 60.2 Å². The van der Waals surface area contributed by atoms with E-state index in [9.17, 15) is 14.4 Å². The average molecular weight is 380 g/mol. The van der Waals surface area contributed by atoms with Crippen molar-refractivity contribution in [1.82, 2.24) is 10.2 Å². The van der Waals surface area contributed by atoms with Crippen LogP contribution in [0.1, 0.15) is 23.1 Å². The van der Waals surface area contributed by atoms with Crippen LogP contribution >= 0.6 is 0 Å². The van der Waals surface area contributed by atoms with Crippen molar-refractivity contribution in [3.63, 3.8) is 0 Å². The summed E-state index contributed by atoms with van der Waals surface area (Å²) < 4.78 is 5.11. The molecule has 1 saturated heterocycles. The fourth-order valence-electron chi connectivity index (χ4n) is 3.10. The van der Waals surface area contributed by atoms with Crippen molar-refractivity contribution in [3.05, 3.63) is 71.3 Å². The lowest BCUT2D eigenvalue weighted by Gasteiger charge is -2.16. The lowest BCUT2D eigenvalue weighted by atomic mass is 10.1. The molecule has 2 aromatic carbocycles. The van der Waals surface area contributed by atoms with Gasteiger partial charge in [-0.25, -0.2) is 0 Å². The van der Waals surface area contributed by atoms with Gasteiger partial charge in [0.15, 0.2) is 6.61 Å². The van der Waals surface area contributed by atoms with Gasteiger partial charge >= 0.3 is 5.97 Å². The molecule has 6 heteroatoms. The van der Waals surface area contributed by atoms with Crippen molar-refractivity contribution in [3.8, 4) is 0 Å². The standard InChI is InChI=1S/C22H24N2O4/c1-16-7-9-18(10-8-16)13-24-14-19(11-21(24)26)22(27)28-15-20(25)23-12-17-5-3-2-4-6-17/h2-10,19H,11-15H2,1H3,(H,23,25)/t19-/m0/s1. The number of nitrogens with zero attached hydrogens (tertiary/aromatic N) is 1. The molecule has 28 heavy (non-hydrogen) atoms. The molecule has 1 fully saturated rings. The van der Waals surface area contributed by atoms with E-state index in [1.807, 2.05) is 61.5 Å². The van der Waals surface area contributed by atoms with Gasteiger partial charge in [-0.15, -0.1) is 0 Å². The molecule has 3 rings (SSSR count). The number of hydrogen-bond donors (Lipinski definition) is 1. The molecule has 0 bridgehead atoms. The number of esters is 1. The lowest BCUT2D eigenvalue weighted by molar-refractivity contribution is -0.152. The number of aryl methyl sites for hydroxylation is 1. The van der Waals surface area contributed by atoms with Crippen molar-refractivity contribution in [2.75, 3.05) is 13.2 Å². The van der Waals surface area contributed by atoms with Crippen LogP contribution < -0.4 is 5.32 Å². The summed E-state index contributed by atoms with van der Waals surface area (Å²) in [5.74, 6) is -1.47. The van der Waals surface area contributed by atoms with Gasteiger partial charge in [0.05, 0.1) is 5.92 Å². The Kier molecular flexibility index (Phi) is 6.42. The third-order valence-electron chi connectivity index (χ3n) is 4.72. The maximum absolute atomic E-state index is 12.2. The molecule has 2 amide bonds. The minimum absolute atomic E-state index is 0.0731. The third kappa shape index (κ3) is 5.42. The third-order valence-corrected chi connectivity index (χ3v) is 4.72. The summed E-state index contributed by atoms with van der Waals surface area (Å²) in [5, 5.41) is 2.71. The topological polar surface area (TPSA) is 75.7 Å². The summed E-state index contributed by atoms with van der Waals surface area (Å²) in [4.78, 5) is 38.0. The van der Waals surface area contributed by atoms with Crippen LogP contribution in [0.4, 0.5) is 0 Å². The normalized spacial score (nSPS) is 16.1. The molecule has 0 aliphatic carbocycles. The number of nitrogens with one attached hydrogen (secondary N) is 1. The van der Waals surface area contributed by atoms with E-state index in [0.717, 1.165) is 16.7 Å². The molecule has 1 N–H and O–H groups in total. The lowest BCUT2D eigenvalue weighted by Crippen LogP contribution is -2.31. The van der Waals surface area contributed by atoms with Crippen LogP contribution in [0.15, 0.2) is 54.6 Å². The number of hydrogen-bond acceptors (Lipinski definition) is 4. The molecule has 1 heterocycles. The molecule has 1 aliphatic rings. The molecule has 0 spiro atoms. The van der Waals surface area contributed by atoms with Crippen LogP contribution in [-0.4, -0.2) is 35.8 Å². The van der Waals surface area contributed by atoms with E-state index in [-0.39, 0.29) is 24.8 Å². The minimum atomic E-state index is -0.528. The highest BCUT2D eigenvalue weighted by molar-refractivity contribution is 5.88. The molecule has 6 nitrogen and oxygen atoms in total. The van der Waals surface area contributed by atoms with Gasteiger partial charge in [0.1, 0.15) is 0 Å². The van der Waals surface area contributed by atoms with E-state index in [0.29, 0.717) is 19.6 Å². The van der Waals surface area contributed by atoms with Crippen LogP contribution in [0.25, 0.3) is 0 Å². The molecule has 0 saturated carbocycles. The highest BCUT2D eigenvalue weighted by Gasteiger charge is 2.35. The number of benzene rings is 2. The summed E-state index contributed by atoms with van der Waals surface area (Å²) in [6.45, 7) is 2.84. The summed E-state index contributed by atoms with van der Waals surface area (Å²) in [5.41, 5.74) is 3.15. The van der Waals surface area contributed by atoms with Gasteiger partial charge in [0, 0.05) is 26.1 Å². The monoisotopic (exact) mass is 380 g/mol. The van der Waals surface area contributed by atoms with E-state index in [4.69, 9.17) is 4.74 Å². The Labute approximate surface area is 164 Å². The van der Waals surface area contributed by atoms with Crippen molar-refractivity contribution in [1.29, 1.82) is 0 Å². The van der Waals surface area contributed by atoms with Gasteiger partial charge in [-0.3, -0.25) is 14.4 Å². The first-order chi connectivity index (χ1) is 13.5. The fourth-order valence-corrected chi connectivity index (χ4v) is 3.10. The summed E-state index contributed by atoms with van der Waals surface area (Å²) in [7, 11) is 0. The predicted octanol–water partition coefficient (Wildman–Crippen LogP) is 2.20. The second-order valence-corrected chi connectivity index (χ2v) is 7.03. The molecule has 1 atom stereocenters. The highest BCUT2D eigenvalue weighted by atomic mass is 16.5. The van der Waals surface area contributed by atoms with Crippen LogP contribution in [0.2, 0.25) is 0 Å². The molecule has 146 valence electrons. The van der Waals surface area contributed by atoms with Gasteiger partial charge < -0.3 is 15.0 Å². The minimum Gasteiger partial charge on any atom is -0.455 e. The number of ether oxygens (including phenoxy) is 1. The second-order valence-electron chi connectivity index (χ2n) is 7.03. The first-order valence-corrected chi connectivity index (χ1v) is 9.32. The molecular formula is C22H24N2O4. The number of carbonyl (C=O) groups excluding carboxylic acids is 3. The second kappa shape index (κ2) is 9.17. The Morgan fingerprint density at radius 3 is 2.50 bits per heavy atom. The Bertz CT molecular complexity index is 833. The number of carbonyl (C=O) groups is 3. The SMILES string of the molecule is Cc1ccc(CN2C[C@@H](C(=O)OCC(=O)NCc3ccccc3)CC2=O)cc1. The van der Waals surface area contributed by atoms with E-state index in [1.165, 1.54) is 0 Å². The van der Waals surface area contributed by atoms with Crippen LogP contribution in [0.5, 0.6) is 0 Å². The fraction of sp³-hybridized carbons (Fsp3) is 0.318. The van der Waals surface area contributed by atoms with E-state index in [1.54, 1.807) is 4.90 Å². The number of rotatable bonds is 7. The number of likely N-dealkylation sites (tertiary alicyclic amines) is 1. The zero-order valence-corrected chi connectivity index (χ0v) is 15.9. The van der Waals surface area contributed by atoms with Crippen molar-refractivity contribution < 1.29 is 19.1 Å². The van der Waals surface area contributed by atoms with E-state index < -0.39 is 11.9 Å². The first-order valence-electron chi connectivity index (χ1n) is 9.32. The largest absolute Gasteiger partial charge is 0.455 e. The molecule has 0 unspecified atom stereocenters. The van der Waals surface area contributed by atoms with E-state index >= 15 is 0 Å². The van der Waals surface area contributed by atoms with Crippen LogP contribution in [0, 0.1) is 12.8 Å². The van der Waals surface area contributed by atoms with Gasteiger partial charge in [-0.05, 0) is 18.1 Å².